The lowest BCUT2D eigenvalue weighted by molar-refractivity contribution is 0.619. The standard InChI is InChI=1S/C13H14FN3/c1-8-5-12(15)13(16-7-8)17-10-3-4-11(14)9(2)6-10/h3-7H,15H2,1-2H3,(H,16,17). The number of nitrogens with zero attached hydrogens (tertiary/aromatic N) is 1. The van der Waals surface area contributed by atoms with Crippen LogP contribution < -0.4 is 11.1 Å². The molecule has 0 aliphatic carbocycles. The third kappa shape index (κ3) is 2.53. The molecule has 0 spiro atoms. The number of anilines is 3. The van der Waals surface area contributed by atoms with E-state index in [1.807, 2.05) is 13.0 Å². The van der Waals surface area contributed by atoms with Gasteiger partial charge in [0.15, 0.2) is 5.82 Å². The van der Waals surface area contributed by atoms with Crippen molar-refractivity contribution in [2.45, 2.75) is 13.8 Å². The first-order valence-corrected chi connectivity index (χ1v) is 5.31. The van der Waals surface area contributed by atoms with Crippen molar-refractivity contribution in [2.24, 2.45) is 0 Å². The lowest BCUT2D eigenvalue weighted by Gasteiger charge is -2.09. The number of halogens is 1. The van der Waals surface area contributed by atoms with Gasteiger partial charge in [0.1, 0.15) is 5.82 Å². The van der Waals surface area contributed by atoms with Crippen LogP contribution in [0.4, 0.5) is 21.6 Å². The zero-order valence-corrected chi connectivity index (χ0v) is 9.79. The van der Waals surface area contributed by atoms with Crippen molar-refractivity contribution < 1.29 is 4.39 Å². The molecule has 3 nitrogen and oxygen atoms in total. The van der Waals surface area contributed by atoms with Crippen LogP contribution in [0.1, 0.15) is 11.1 Å². The summed E-state index contributed by atoms with van der Waals surface area (Å²) in [6.07, 6.45) is 1.73. The fourth-order valence-electron chi connectivity index (χ4n) is 1.56. The molecule has 1 heterocycles. The number of aromatic nitrogens is 1. The number of hydrogen-bond acceptors (Lipinski definition) is 3. The molecule has 0 aliphatic rings. The van der Waals surface area contributed by atoms with Crippen LogP contribution in [-0.2, 0) is 0 Å². The third-order valence-corrected chi connectivity index (χ3v) is 2.47. The molecule has 2 aromatic rings. The average Bonchev–Trinajstić information content (AvgIpc) is 2.27. The smallest absolute Gasteiger partial charge is 0.153 e. The van der Waals surface area contributed by atoms with Crippen LogP contribution in [0.3, 0.4) is 0 Å². The van der Waals surface area contributed by atoms with Crippen LogP contribution in [0, 0.1) is 19.7 Å². The highest BCUT2D eigenvalue weighted by molar-refractivity contribution is 5.69. The molecule has 3 N–H and O–H groups in total. The number of hydrogen-bond donors (Lipinski definition) is 2. The van der Waals surface area contributed by atoms with E-state index in [2.05, 4.69) is 10.3 Å². The van der Waals surface area contributed by atoms with Crippen LogP contribution in [-0.4, -0.2) is 4.98 Å². The van der Waals surface area contributed by atoms with E-state index in [0.717, 1.165) is 11.3 Å². The molecule has 1 aromatic heterocycles. The second-order valence-corrected chi connectivity index (χ2v) is 4.04. The zero-order chi connectivity index (χ0) is 12.4. The summed E-state index contributed by atoms with van der Waals surface area (Å²) in [5.74, 6) is 0.363. The van der Waals surface area contributed by atoms with Gasteiger partial charge in [0.2, 0.25) is 0 Å². The molecule has 88 valence electrons. The van der Waals surface area contributed by atoms with Gasteiger partial charge in [-0.2, -0.15) is 0 Å². The summed E-state index contributed by atoms with van der Waals surface area (Å²) in [7, 11) is 0. The Kier molecular flexibility index (Phi) is 2.95. The van der Waals surface area contributed by atoms with Gasteiger partial charge in [0.25, 0.3) is 0 Å². The SMILES string of the molecule is Cc1cnc(Nc2ccc(F)c(C)c2)c(N)c1. The fraction of sp³-hybridized carbons (Fsp3) is 0.154. The Morgan fingerprint density at radius 1 is 1.24 bits per heavy atom. The van der Waals surface area contributed by atoms with Gasteiger partial charge in [-0.3, -0.25) is 0 Å². The predicted molar refractivity (Wildman–Crippen MR) is 67.8 cm³/mol. The monoisotopic (exact) mass is 231 g/mol. The van der Waals surface area contributed by atoms with Gasteiger partial charge in [-0.05, 0) is 49.2 Å². The first kappa shape index (κ1) is 11.4. The molecule has 0 bridgehead atoms. The second kappa shape index (κ2) is 4.41. The first-order valence-electron chi connectivity index (χ1n) is 5.31. The third-order valence-electron chi connectivity index (χ3n) is 2.47. The van der Waals surface area contributed by atoms with Crippen molar-refractivity contribution in [1.29, 1.82) is 0 Å². The molecule has 0 unspecified atom stereocenters. The summed E-state index contributed by atoms with van der Waals surface area (Å²) in [6, 6.07) is 6.63. The van der Waals surface area contributed by atoms with Gasteiger partial charge in [0.05, 0.1) is 5.69 Å². The summed E-state index contributed by atoms with van der Waals surface area (Å²) >= 11 is 0. The number of nitrogens with one attached hydrogen (secondary N) is 1. The van der Waals surface area contributed by atoms with Gasteiger partial charge in [-0.1, -0.05) is 0 Å². The van der Waals surface area contributed by atoms with E-state index >= 15 is 0 Å². The number of rotatable bonds is 2. The largest absolute Gasteiger partial charge is 0.396 e. The topological polar surface area (TPSA) is 50.9 Å². The van der Waals surface area contributed by atoms with E-state index in [-0.39, 0.29) is 5.82 Å². The summed E-state index contributed by atoms with van der Waals surface area (Å²) in [4.78, 5) is 4.20. The number of nitrogen functional groups attached to an aromatic ring is 1. The van der Waals surface area contributed by atoms with E-state index in [1.165, 1.54) is 6.07 Å². The van der Waals surface area contributed by atoms with E-state index in [0.29, 0.717) is 17.1 Å². The molecule has 4 heteroatoms. The first-order chi connectivity index (χ1) is 8.06. The lowest BCUT2D eigenvalue weighted by atomic mass is 10.2. The highest BCUT2D eigenvalue weighted by Gasteiger charge is 2.03. The number of nitrogens with two attached hydrogens (primary N) is 1. The maximum atomic E-state index is 13.1. The van der Waals surface area contributed by atoms with Gasteiger partial charge < -0.3 is 11.1 Å². The maximum absolute atomic E-state index is 13.1. The highest BCUT2D eigenvalue weighted by atomic mass is 19.1. The minimum atomic E-state index is -0.222. The van der Waals surface area contributed by atoms with Crippen molar-refractivity contribution >= 4 is 17.2 Å². The molecular formula is C13H14FN3. The molecule has 1 aromatic carbocycles. The lowest BCUT2D eigenvalue weighted by Crippen LogP contribution is -2.00. The molecule has 2 rings (SSSR count). The zero-order valence-electron chi connectivity index (χ0n) is 9.79. The second-order valence-electron chi connectivity index (χ2n) is 4.04. The quantitative estimate of drug-likeness (QED) is 0.834. The van der Waals surface area contributed by atoms with Crippen molar-refractivity contribution in [2.75, 3.05) is 11.1 Å². The Morgan fingerprint density at radius 3 is 2.65 bits per heavy atom. The molecule has 0 atom stereocenters. The molecule has 17 heavy (non-hydrogen) atoms. The fourth-order valence-corrected chi connectivity index (χ4v) is 1.56. The summed E-state index contributed by atoms with van der Waals surface area (Å²) in [5.41, 5.74) is 8.77. The molecule has 0 saturated heterocycles. The number of pyridine rings is 1. The summed E-state index contributed by atoms with van der Waals surface area (Å²) < 4.78 is 13.1. The van der Waals surface area contributed by atoms with E-state index in [9.17, 15) is 4.39 Å². The van der Waals surface area contributed by atoms with Gasteiger partial charge in [-0.25, -0.2) is 9.37 Å². The van der Waals surface area contributed by atoms with Gasteiger partial charge in [-0.15, -0.1) is 0 Å². The maximum Gasteiger partial charge on any atom is 0.153 e. The van der Waals surface area contributed by atoms with Crippen LogP contribution in [0.2, 0.25) is 0 Å². The van der Waals surface area contributed by atoms with Gasteiger partial charge in [0, 0.05) is 11.9 Å². The van der Waals surface area contributed by atoms with Crippen LogP contribution in [0.5, 0.6) is 0 Å². The molecular weight excluding hydrogens is 217 g/mol. The van der Waals surface area contributed by atoms with E-state index in [1.54, 1.807) is 25.3 Å². The molecule has 0 amide bonds. The highest BCUT2D eigenvalue weighted by Crippen LogP contribution is 2.22. The Hall–Kier alpha value is -2.10. The van der Waals surface area contributed by atoms with Crippen LogP contribution >= 0.6 is 0 Å². The van der Waals surface area contributed by atoms with E-state index < -0.39 is 0 Å². The Morgan fingerprint density at radius 2 is 2.00 bits per heavy atom. The average molecular weight is 231 g/mol. The minimum Gasteiger partial charge on any atom is -0.396 e. The minimum absolute atomic E-state index is 0.222. The molecule has 0 radical (unpaired) electrons. The predicted octanol–water partition coefficient (Wildman–Crippen LogP) is 3.16. The van der Waals surface area contributed by atoms with Crippen LogP contribution in [0.25, 0.3) is 0 Å². The summed E-state index contributed by atoms with van der Waals surface area (Å²) in [5, 5.41) is 3.06. The van der Waals surface area contributed by atoms with Crippen molar-refractivity contribution in [1.82, 2.24) is 4.98 Å². The Labute approximate surface area is 99.5 Å². The van der Waals surface area contributed by atoms with Crippen molar-refractivity contribution in [3.8, 4) is 0 Å². The normalized spacial score (nSPS) is 10.3. The Balaban J connectivity index is 2.28. The van der Waals surface area contributed by atoms with Crippen LogP contribution in [0.15, 0.2) is 30.5 Å². The van der Waals surface area contributed by atoms with Gasteiger partial charge >= 0.3 is 0 Å². The van der Waals surface area contributed by atoms with Crippen molar-refractivity contribution in [3.63, 3.8) is 0 Å². The molecule has 0 aliphatic heterocycles. The van der Waals surface area contributed by atoms with Crippen molar-refractivity contribution in [3.05, 3.63) is 47.4 Å². The molecule has 0 fully saturated rings. The molecule has 0 saturated carbocycles. The Bertz CT molecular complexity index is 552. The number of benzene rings is 1. The summed E-state index contributed by atoms with van der Waals surface area (Å²) in [6.45, 7) is 3.64. The van der Waals surface area contributed by atoms with E-state index in [4.69, 9.17) is 5.73 Å². The number of aryl methyl sites for hydroxylation is 2.